The zero-order chi connectivity index (χ0) is 35.4. The first kappa shape index (κ1) is 45.5. The Bertz CT molecular complexity index is 1010. The summed E-state index contributed by atoms with van der Waals surface area (Å²) in [5.41, 5.74) is 0. The van der Waals surface area contributed by atoms with E-state index in [0.29, 0.717) is 19.3 Å². The van der Waals surface area contributed by atoms with E-state index in [1.54, 1.807) is 0 Å². The molecule has 0 aromatic heterocycles. The number of phosphoric ester groups is 1. The average Bonchev–Trinajstić information content (AvgIpc) is 3.05. The van der Waals surface area contributed by atoms with Crippen molar-refractivity contribution in [2.75, 3.05) is 13.2 Å². The number of hydrogen-bond donors (Lipinski definition) is 2. The minimum Gasteiger partial charge on any atom is -0.462 e. The van der Waals surface area contributed by atoms with Crippen molar-refractivity contribution in [3.63, 3.8) is 0 Å². The van der Waals surface area contributed by atoms with Crippen LogP contribution in [-0.2, 0) is 28.2 Å². The summed E-state index contributed by atoms with van der Waals surface area (Å²) in [5, 5.41) is 0. The molecule has 0 heterocycles. The monoisotopic (exact) mass is 692 g/mol. The summed E-state index contributed by atoms with van der Waals surface area (Å²) < 4.78 is 26.2. The van der Waals surface area contributed by atoms with Crippen LogP contribution in [0.5, 0.6) is 0 Å². The van der Waals surface area contributed by atoms with Crippen LogP contribution >= 0.6 is 7.82 Å². The van der Waals surface area contributed by atoms with Gasteiger partial charge in [-0.3, -0.25) is 14.1 Å². The maximum Gasteiger partial charge on any atom is 0.469 e. The molecule has 1 atom stereocenters. The van der Waals surface area contributed by atoms with Gasteiger partial charge in [-0.2, -0.15) is 0 Å². The molecule has 0 spiro atoms. The molecule has 8 nitrogen and oxygen atoms in total. The molecular formula is C39H65O8P. The summed E-state index contributed by atoms with van der Waals surface area (Å²) in [5.74, 6) is -0.972. The molecule has 0 aliphatic heterocycles. The van der Waals surface area contributed by atoms with Crippen LogP contribution in [0.1, 0.15) is 142 Å². The second kappa shape index (κ2) is 34.4. The summed E-state index contributed by atoms with van der Waals surface area (Å²) in [6.07, 6.45) is 43.4. The third kappa shape index (κ3) is 36.3. The third-order valence-electron chi connectivity index (χ3n) is 7.21. The highest BCUT2D eigenvalue weighted by atomic mass is 31.2. The summed E-state index contributed by atoms with van der Waals surface area (Å²) in [6.45, 7) is 3.47. The number of esters is 2. The van der Waals surface area contributed by atoms with E-state index in [9.17, 15) is 14.2 Å². The maximum absolute atomic E-state index is 12.3. The Labute approximate surface area is 291 Å². The lowest BCUT2D eigenvalue weighted by atomic mass is 10.1. The van der Waals surface area contributed by atoms with E-state index < -0.39 is 32.5 Å². The van der Waals surface area contributed by atoms with Crippen LogP contribution in [0.2, 0.25) is 0 Å². The average molecular weight is 693 g/mol. The van der Waals surface area contributed by atoms with Gasteiger partial charge in [-0.25, -0.2) is 4.57 Å². The van der Waals surface area contributed by atoms with Crippen molar-refractivity contribution in [3.05, 3.63) is 72.9 Å². The second-order valence-corrected chi connectivity index (χ2v) is 13.0. The van der Waals surface area contributed by atoms with Gasteiger partial charge in [0.15, 0.2) is 6.10 Å². The smallest absolute Gasteiger partial charge is 0.462 e. The number of allylic oxidation sites excluding steroid dienone is 12. The van der Waals surface area contributed by atoms with Crippen LogP contribution in [0.25, 0.3) is 0 Å². The summed E-state index contributed by atoms with van der Waals surface area (Å²) in [6, 6.07) is 0. The van der Waals surface area contributed by atoms with E-state index in [1.807, 2.05) is 12.2 Å². The van der Waals surface area contributed by atoms with E-state index in [1.165, 1.54) is 32.1 Å². The lowest BCUT2D eigenvalue weighted by Gasteiger charge is -2.18. The van der Waals surface area contributed by atoms with Crippen molar-refractivity contribution in [2.24, 2.45) is 0 Å². The molecule has 274 valence electrons. The second-order valence-electron chi connectivity index (χ2n) is 11.8. The molecule has 0 saturated carbocycles. The topological polar surface area (TPSA) is 119 Å². The Morgan fingerprint density at radius 3 is 1.58 bits per heavy atom. The van der Waals surface area contributed by atoms with E-state index >= 15 is 0 Å². The molecule has 0 saturated heterocycles. The lowest BCUT2D eigenvalue weighted by molar-refractivity contribution is -0.161. The Balaban J connectivity index is 4.13. The Morgan fingerprint density at radius 1 is 0.562 bits per heavy atom. The highest BCUT2D eigenvalue weighted by Crippen LogP contribution is 2.35. The molecule has 9 heteroatoms. The molecule has 0 aliphatic rings. The molecule has 0 aromatic rings. The molecule has 48 heavy (non-hydrogen) atoms. The van der Waals surface area contributed by atoms with E-state index in [4.69, 9.17) is 19.3 Å². The Kier molecular flexibility index (Phi) is 32.6. The fraction of sp³-hybridized carbons (Fsp3) is 0.641. The van der Waals surface area contributed by atoms with Crippen LogP contribution in [0, 0.1) is 0 Å². The number of ether oxygens (including phenoxy) is 2. The quantitative estimate of drug-likeness (QED) is 0.0309. The first-order chi connectivity index (χ1) is 23.3. The van der Waals surface area contributed by atoms with Crippen LogP contribution in [0.3, 0.4) is 0 Å². The van der Waals surface area contributed by atoms with Gasteiger partial charge in [-0.15, -0.1) is 0 Å². The summed E-state index contributed by atoms with van der Waals surface area (Å²) >= 11 is 0. The summed E-state index contributed by atoms with van der Waals surface area (Å²) in [4.78, 5) is 42.6. The highest BCUT2D eigenvalue weighted by molar-refractivity contribution is 7.46. The maximum atomic E-state index is 12.3. The number of hydrogen-bond acceptors (Lipinski definition) is 6. The lowest BCUT2D eigenvalue weighted by Crippen LogP contribution is -2.29. The number of rotatable bonds is 32. The van der Waals surface area contributed by atoms with Gasteiger partial charge in [0, 0.05) is 12.8 Å². The standard InChI is InChI=1S/C39H65O8P/c1-3-5-7-9-11-13-15-17-18-19-20-22-24-26-28-30-32-34-39(41)47-37(36-46-48(42,43)44)35-45-38(40)33-31-29-27-25-23-21-16-14-12-10-8-6-4-2/h5,7,11,13-14,16-18,20,22,26,28,37H,3-4,6,8-10,12,15,19,21,23-25,27,29-36H2,1-2H3,(H2,42,43,44)/b7-5+,13-11+,16-14+,18-17+,22-20+,28-26+/t37-/m1/s1. The third-order valence-corrected chi connectivity index (χ3v) is 7.69. The largest absolute Gasteiger partial charge is 0.469 e. The van der Waals surface area contributed by atoms with Crippen LogP contribution in [-0.4, -0.2) is 41.0 Å². The van der Waals surface area contributed by atoms with Gasteiger partial charge in [0.2, 0.25) is 0 Å². The predicted octanol–water partition coefficient (Wildman–Crippen LogP) is 10.7. The molecule has 0 aliphatic carbocycles. The molecular weight excluding hydrogens is 627 g/mol. The van der Waals surface area contributed by atoms with Gasteiger partial charge in [-0.1, -0.05) is 125 Å². The van der Waals surface area contributed by atoms with E-state index in [2.05, 4.69) is 79.1 Å². The van der Waals surface area contributed by atoms with Crippen LogP contribution < -0.4 is 0 Å². The number of carbonyl (C=O) groups excluding carboxylic acids is 2. The molecule has 0 amide bonds. The minimum absolute atomic E-state index is 0.128. The van der Waals surface area contributed by atoms with Crippen molar-refractivity contribution < 1.29 is 37.9 Å². The molecule has 0 aromatic carbocycles. The molecule has 0 rings (SSSR count). The fourth-order valence-corrected chi connectivity index (χ4v) is 4.88. The first-order valence-electron chi connectivity index (χ1n) is 18.2. The molecule has 2 N–H and O–H groups in total. The van der Waals surface area contributed by atoms with Gasteiger partial charge in [-0.05, 0) is 77.0 Å². The fourth-order valence-electron chi connectivity index (χ4n) is 4.52. The molecule has 0 radical (unpaired) electrons. The van der Waals surface area contributed by atoms with Crippen molar-refractivity contribution in [2.45, 2.75) is 148 Å². The minimum atomic E-state index is -4.77. The van der Waals surface area contributed by atoms with Gasteiger partial charge in [0.25, 0.3) is 0 Å². The molecule has 0 fully saturated rings. The van der Waals surface area contributed by atoms with Crippen molar-refractivity contribution in [1.29, 1.82) is 0 Å². The van der Waals surface area contributed by atoms with E-state index in [0.717, 1.165) is 64.2 Å². The normalized spacial score (nSPS) is 13.3. The van der Waals surface area contributed by atoms with Crippen molar-refractivity contribution in [3.8, 4) is 0 Å². The van der Waals surface area contributed by atoms with Crippen molar-refractivity contribution in [1.82, 2.24) is 0 Å². The predicted molar refractivity (Wildman–Crippen MR) is 197 cm³/mol. The van der Waals surface area contributed by atoms with Crippen LogP contribution in [0.15, 0.2) is 72.9 Å². The number of phosphoric acid groups is 1. The van der Waals surface area contributed by atoms with Gasteiger partial charge < -0.3 is 19.3 Å². The Morgan fingerprint density at radius 2 is 1.02 bits per heavy atom. The highest BCUT2D eigenvalue weighted by Gasteiger charge is 2.22. The van der Waals surface area contributed by atoms with Crippen molar-refractivity contribution >= 4 is 19.8 Å². The first-order valence-corrected chi connectivity index (χ1v) is 19.8. The number of carbonyl (C=O) groups is 2. The van der Waals surface area contributed by atoms with Gasteiger partial charge in [0.1, 0.15) is 6.61 Å². The number of unbranched alkanes of at least 4 members (excludes halogenated alkanes) is 10. The van der Waals surface area contributed by atoms with Gasteiger partial charge in [0.05, 0.1) is 6.61 Å². The zero-order valence-corrected chi connectivity index (χ0v) is 30.7. The van der Waals surface area contributed by atoms with Crippen LogP contribution in [0.4, 0.5) is 0 Å². The van der Waals surface area contributed by atoms with E-state index in [-0.39, 0.29) is 19.4 Å². The molecule has 0 bridgehead atoms. The zero-order valence-electron chi connectivity index (χ0n) is 29.9. The molecule has 0 unspecified atom stereocenters. The SMILES string of the molecule is CC/C=C/C/C=C/C/C=C/C/C=C/C/C=C/CCCC(=O)O[C@H](COC(=O)CCCCCCC/C=C/CCCCCC)COP(=O)(O)O. The Hall–Kier alpha value is -2.51. The summed E-state index contributed by atoms with van der Waals surface area (Å²) in [7, 11) is -4.77. The van der Waals surface area contributed by atoms with Gasteiger partial charge >= 0.3 is 19.8 Å².